The van der Waals surface area contributed by atoms with Gasteiger partial charge < -0.3 is 14.0 Å². The molecule has 9 nitrogen and oxygen atoms in total. The molecular formula is C26H24N4O5. The molecule has 4 aromatic rings. The Kier molecular flexibility index (Phi) is 6.50. The topological polar surface area (TPSA) is 108 Å². The van der Waals surface area contributed by atoms with Crippen molar-refractivity contribution in [2.24, 2.45) is 5.10 Å². The number of methoxy groups -OCH3 is 2. The van der Waals surface area contributed by atoms with Gasteiger partial charge in [-0.1, -0.05) is 24.3 Å². The van der Waals surface area contributed by atoms with Gasteiger partial charge in [0.15, 0.2) is 0 Å². The van der Waals surface area contributed by atoms with Crippen LogP contribution < -0.4 is 14.9 Å². The molecular weight excluding hydrogens is 448 g/mol. The molecule has 9 heteroatoms. The van der Waals surface area contributed by atoms with Crippen molar-refractivity contribution < 1.29 is 19.2 Å². The molecule has 3 aromatic carbocycles. The molecule has 0 aliphatic rings. The van der Waals surface area contributed by atoms with Crippen LogP contribution in [-0.4, -0.2) is 35.8 Å². The van der Waals surface area contributed by atoms with Crippen molar-refractivity contribution >= 4 is 28.6 Å². The second-order valence-corrected chi connectivity index (χ2v) is 7.87. The van der Waals surface area contributed by atoms with Crippen LogP contribution in [0.15, 0.2) is 65.8 Å². The van der Waals surface area contributed by atoms with Crippen LogP contribution in [0.3, 0.4) is 0 Å². The molecule has 4 rings (SSSR count). The Balaban J connectivity index is 1.62. The molecule has 0 aliphatic carbocycles. The fourth-order valence-electron chi connectivity index (χ4n) is 4.04. The van der Waals surface area contributed by atoms with E-state index in [1.807, 2.05) is 54.8 Å². The van der Waals surface area contributed by atoms with Gasteiger partial charge in [-0.05, 0) is 48.9 Å². The van der Waals surface area contributed by atoms with Gasteiger partial charge in [-0.2, -0.15) is 5.10 Å². The molecule has 0 fully saturated rings. The maximum absolute atomic E-state index is 12.8. The van der Waals surface area contributed by atoms with Crippen molar-refractivity contribution in [1.29, 1.82) is 0 Å². The highest BCUT2D eigenvalue weighted by Gasteiger charge is 2.18. The number of aromatic nitrogens is 1. The lowest BCUT2D eigenvalue weighted by Gasteiger charge is -2.13. The first-order valence-electron chi connectivity index (χ1n) is 10.8. The normalized spacial score (nSPS) is 11.1. The summed E-state index contributed by atoms with van der Waals surface area (Å²) < 4.78 is 12.7. The number of nitrogens with one attached hydrogen (secondary N) is 1. The van der Waals surface area contributed by atoms with Crippen LogP contribution >= 0.6 is 0 Å². The van der Waals surface area contributed by atoms with Gasteiger partial charge in [-0.3, -0.25) is 14.9 Å². The second kappa shape index (κ2) is 9.68. The molecule has 1 heterocycles. The largest absolute Gasteiger partial charge is 0.496 e. The van der Waals surface area contributed by atoms with Crippen LogP contribution in [0.25, 0.3) is 16.5 Å². The fourth-order valence-corrected chi connectivity index (χ4v) is 4.04. The minimum atomic E-state index is -0.448. The van der Waals surface area contributed by atoms with Crippen LogP contribution in [0, 0.1) is 24.0 Å². The summed E-state index contributed by atoms with van der Waals surface area (Å²) in [5.41, 5.74) is 5.77. The first-order valence-corrected chi connectivity index (χ1v) is 10.8. The number of non-ortho nitro benzene ring substituents is 1. The Bertz CT molecular complexity index is 1470. The van der Waals surface area contributed by atoms with E-state index in [-0.39, 0.29) is 5.69 Å². The number of ether oxygens (including phenoxy) is 2. The summed E-state index contributed by atoms with van der Waals surface area (Å²) in [5, 5.41) is 17.3. The van der Waals surface area contributed by atoms with E-state index in [4.69, 9.17) is 9.47 Å². The smallest absolute Gasteiger partial charge is 0.275 e. The van der Waals surface area contributed by atoms with Crippen LogP contribution in [0.5, 0.6) is 11.5 Å². The van der Waals surface area contributed by atoms with E-state index in [0.29, 0.717) is 22.7 Å². The van der Waals surface area contributed by atoms with Crippen LogP contribution in [-0.2, 0) is 0 Å². The highest BCUT2D eigenvalue weighted by molar-refractivity contribution is 6.02. The highest BCUT2D eigenvalue weighted by Crippen LogP contribution is 2.31. The summed E-state index contributed by atoms with van der Waals surface area (Å²) in [7, 11) is 3.03. The number of hydrogen-bond donors (Lipinski definition) is 1. The zero-order valence-electron chi connectivity index (χ0n) is 19.7. The molecule has 0 spiro atoms. The monoisotopic (exact) mass is 472 g/mol. The van der Waals surface area contributed by atoms with Crippen LogP contribution in [0.2, 0.25) is 0 Å². The standard InChI is InChI=1S/C26H24N4O5/c1-16-11-20(17(2)29(16)23-14-21(30(32)33)9-10-24(23)34-3)15-27-28-26(31)22-12-18-7-5-6-8-19(18)13-25(22)35-4/h5-15H,1-4H3,(H,28,31)/b27-15-. The molecule has 0 saturated carbocycles. The van der Waals surface area contributed by atoms with E-state index in [2.05, 4.69) is 10.5 Å². The first kappa shape index (κ1) is 23.5. The Morgan fingerprint density at radius 3 is 2.34 bits per heavy atom. The lowest BCUT2D eigenvalue weighted by atomic mass is 10.1. The summed E-state index contributed by atoms with van der Waals surface area (Å²) in [6.45, 7) is 3.74. The minimum Gasteiger partial charge on any atom is -0.496 e. The highest BCUT2D eigenvalue weighted by atomic mass is 16.6. The molecule has 1 amide bonds. The van der Waals surface area contributed by atoms with Crippen molar-refractivity contribution in [3.05, 3.63) is 93.3 Å². The summed E-state index contributed by atoms with van der Waals surface area (Å²) in [4.78, 5) is 23.7. The molecule has 1 aromatic heterocycles. The van der Waals surface area contributed by atoms with Gasteiger partial charge in [0.05, 0.1) is 36.6 Å². The summed E-state index contributed by atoms with van der Waals surface area (Å²) in [5.74, 6) is 0.544. The third-order valence-corrected chi connectivity index (χ3v) is 5.77. The Hall–Kier alpha value is -4.66. The zero-order chi connectivity index (χ0) is 25.1. The van der Waals surface area contributed by atoms with Gasteiger partial charge in [0, 0.05) is 29.1 Å². The summed E-state index contributed by atoms with van der Waals surface area (Å²) >= 11 is 0. The van der Waals surface area contributed by atoms with Crippen molar-refractivity contribution in [3.63, 3.8) is 0 Å². The lowest BCUT2D eigenvalue weighted by Crippen LogP contribution is -2.18. The number of rotatable bonds is 7. The molecule has 0 bridgehead atoms. The van der Waals surface area contributed by atoms with Crippen molar-refractivity contribution in [3.8, 4) is 17.2 Å². The van der Waals surface area contributed by atoms with E-state index < -0.39 is 10.8 Å². The fraction of sp³-hybridized carbons (Fsp3) is 0.154. The molecule has 178 valence electrons. The predicted octanol–water partition coefficient (Wildman–Crippen LogP) is 4.94. The Labute approximate surface area is 201 Å². The number of carbonyl (C=O) groups is 1. The lowest BCUT2D eigenvalue weighted by molar-refractivity contribution is -0.384. The van der Waals surface area contributed by atoms with E-state index in [9.17, 15) is 14.9 Å². The number of hydrogen-bond acceptors (Lipinski definition) is 6. The number of hydrazone groups is 1. The van der Waals surface area contributed by atoms with Crippen LogP contribution in [0.1, 0.15) is 27.3 Å². The van der Waals surface area contributed by atoms with Crippen molar-refractivity contribution in [2.45, 2.75) is 13.8 Å². The number of carbonyl (C=O) groups excluding carboxylic acids is 1. The van der Waals surface area contributed by atoms with E-state index in [1.54, 1.807) is 12.1 Å². The molecule has 0 atom stereocenters. The number of nitrogens with zero attached hydrogens (tertiary/aromatic N) is 3. The van der Waals surface area contributed by atoms with Gasteiger partial charge >= 0.3 is 0 Å². The average Bonchev–Trinajstić information content (AvgIpc) is 3.14. The van der Waals surface area contributed by atoms with Gasteiger partial charge in [0.25, 0.3) is 11.6 Å². The number of amides is 1. The quantitative estimate of drug-likeness (QED) is 0.233. The van der Waals surface area contributed by atoms with Gasteiger partial charge in [0.2, 0.25) is 0 Å². The predicted molar refractivity (Wildman–Crippen MR) is 134 cm³/mol. The first-order chi connectivity index (χ1) is 16.8. The number of fused-ring (bicyclic) bond motifs is 1. The van der Waals surface area contributed by atoms with Gasteiger partial charge in [-0.15, -0.1) is 0 Å². The average molecular weight is 473 g/mol. The molecule has 0 aliphatic heterocycles. The van der Waals surface area contributed by atoms with Gasteiger partial charge in [0.1, 0.15) is 11.5 Å². The maximum atomic E-state index is 12.8. The molecule has 0 saturated heterocycles. The number of nitro groups is 1. The molecule has 0 radical (unpaired) electrons. The number of benzene rings is 3. The SMILES string of the molecule is COc1cc2ccccc2cc1C(=O)N/N=C\c1cc(C)n(-c2cc([N+](=O)[O-])ccc2OC)c1C. The van der Waals surface area contributed by atoms with Crippen molar-refractivity contribution in [1.82, 2.24) is 9.99 Å². The third-order valence-electron chi connectivity index (χ3n) is 5.77. The second-order valence-electron chi connectivity index (χ2n) is 7.87. The molecule has 0 unspecified atom stereocenters. The van der Waals surface area contributed by atoms with E-state index in [0.717, 1.165) is 27.7 Å². The summed E-state index contributed by atoms with van der Waals surface area (Å²) in [6.07, 6.45) is 1.54. The minimum absolute atomic E-state index is 0.0416. The van der Waals surface area contributed by atoms with E-state index >= 15 is 0 Å². The van der Waals surface area contributed by atoms with Gasteiger partial charge in [-0.25, -0.2) is 5.43 Å². The summed E-state index contributed by atoms with van der Waals surface area (Å²) in [6, 6.07) is 17.6. The Morgan fingerprint density at radius 2 is 1.69 bits per heavy atom. The van der Waals surface area contributed by atoms with Crippen molar-refractivity contribution in [2.75, 3.05) is 14.2 Å². The number of nitro benzene ring substituents is 1. The third kappa shape index (κ3) is 4.56. The number of aryl methyl sites for hydroxylation is 1. The zero-order valence-corrected chi connectivity index (χ0v) is 19.7. The molecule has 1 N–H and O–H groups in total. The van der Waals surface area contributed by atoms with E-state index in [1.165, 1.54) is 32.6 Å². The molecule has 35 heavy (non-hydrogen) atoms. The van der Waals surface area contributed by atoms with Crippen LogP contribution in [0.4, 0.5) is 5.69 Å². The maximum Gasteiger partial charge on any atom is 0.275 e. The Morgan fingerprint density at radius 1 is 1.00 bits per heavy atom.